The Labute approximate surface area is 217 Å². The Kier molecular flexibility index (Phi) is 6.84. The van der Waals surface area contributed by atoms with Crippen molar-refractivity contribution in [3.8, 4) is 5.69 Å². The van der Waals surface area contributed by atoms with Gasteiger partial charge in [0.1, 0.15) is 18.0 Å². The molecule has 4 aromatic rings. The number of carbonyl (C=O) groups excluding carboxylic acids is 1. The highest BCUT2D eigenvalue weighted by Gasteiger charge is 2.34. The van der Waals surface area contributed by atoms with Crippen molar-refractivity contribution in [1.29, 1.82) is 0 Å². The molecular weight excluding hydrogens is 556 g/mol. The van der Waals surface area contributed by atoms with Crippen LogP contribution < -0.4 is 10.2 Å². The van der Waals surface area contributed by atoms with Crippen LogP contribution in [0.15, 0.2) is 59.5 Å². The van der Waals surface area contributed by atoms with Gasteiger partial charge in [0.15, 0.2) is 5.65 Å². The van der Waals surface area contributed by atoms with Gasteiger partial charge in [-0.25, -0.2) is 19.0 Å². The van der Waals surface area contributed by atoms with Gasteiger partial charge in [-0.3, -0.25) is 4.79 Å². The van der Waals surface area contributed by atoms with Crippen LogP contribution in [0.5, 0.6) is 0 Å². The second kappa shape index (κ2) is 10.1. The fourth-order valence-corrected chi connectivity index (χ4v) is 4.67. The van der Waals surface area contributed by atoms with E-state index in [1.807, 2.05) is 29.2 Å². The molecule has 0 saturated carbocycles. The number of nitrogens with one attached hydrogen (secondary N) is 1. The van der Waals surface area contributed by atoms with Crippen LogP contribution >= 0.6 is 15.9 Å². The van der Waals surface area contributed by atoms with Crippen molar-refractivity contribution in [2.75, 3.05) is 18.0 Å². The number of benzene rings is 2. The van der Waals surface area contributed by atoms with Gasteiger partial charge in [0.05, 0.1) is 22.6 Å². The molecule has 5 rings (SSSR count). The molecule has 1 N–H and O–H groups in total. The Balaban J connectivity index is 1.34. The van der Waals surface area contributed by atoms with Crippen LogP contribution in [-0.4, -0.2) is 38.7 Å². The molecule has 0 aliphatic carbocycles. The van der Waals surface area contributed by atoms with Gasteiger partial charge in [-0.2, -0.15) is 13.2 Å². The van der Waals surface area contributed by atoms with Gasteiger partial charge in [-0.05, 0) is 42.7 Å². The summed E-state index contributed by atoms with van der Waals surface area (Å²) in [5, 5.41) is 7.86. The lowest BCUT2D eigenvalue weighted by Gasteiger charge is -2.33. The summed E-state index contributed by atoms with van der Waals surface area (Å²) >= 11 is 3.39. The number of nitrogens with zero attached hydrogens (tertiary/aromatic N) is 5. The first kappa shape index (κ1) is 25.1. The molecule has 0 radical (unpaired) electrons. The molecule has 1 atom stereocenters. The normalized spacial score (nSPS) is 16.2. The Bertz CT molecular complexity index is 1440. The number of aromatic nitrogens is 4. The van der Waals surface area contributed by atoms with Crippen LogP contribution in [0.2, 0.25) is 0 Å². The van der Waals surface area contributed by atoms with E-state index in [9.17, 15) is 22.4 Å². The third-order valence-corrected chi connectivity index (χ3v) is 6.82. The molecule has 1 saturated heterocycles. The van der Waals surface area contributed by atoms with Crippen molar-refractivity contribution in [2.24, 2.45) is 5.92 Å². The lowest BCUT2D eigenvalue weighted by molar-refractivity contribution is -0.140. The van der Waals surface area contributed by atoms with Gasteiger partial charge >= 0.3 is 6.18 Å². The van der Waals surface area contributed by atoms with Gasteiger partial charge in [0, 0.05) is 36.4 Å². The number of anilines is 1. The maximum absolute atomic E-state index is 14.1. The maximum Gasteiger partial charge on any atom is 0.419 e. The molecule has 3 heterocycles. The van der Waals surface area contributed by atoms with Crippen LogP contribution in [0.4, 0.5) is 23.4 Å². The average Bonchev–Trinajstić information content (AvgIpc) is 3.32. The van der Waals surface area contributed by atoms with E-state index in [1.54, 1.807) is 6.20 Å². The SMILES string of the molecule is O=C(NCc1ccc(Br)cc1)[C@H]1CCCN(c2ncnc3nn(-c4ccc(C(F)(F)F)c(F)c4)cc23)C1. The molecule has 0 unspecified atom stereocenters. The summed E-state index contributed by atoms with van der Waals surface area (Å²) in [6, 6.07) is 10.3. The number of fused-ring (bicyclic) bond motifs is 1. The topological polar surface area (TPSA) is 75.9 Å². The summed E-state index contributed by atoms with van der Waals surface area (Å²) in [4.78, 5) is 23.4. The summed E-state index contributed by atoms with van der Waals surface area (Å²) in [7, 11) is 0. The average molecular weight is 577 g/mol. The highest BCUT2D eigenvalue weighted by Crippen LogP contribution is 2.33. The molecule has 2 aromatic heterocycles. The first-order chi connectivity index (χ1) is 17.7. The molecule has 37 heavy (non-hydrogen) atoms. The molecule has 192 valence electrons. The number of amides is 1. The van der Waals surface area contributed by atoms with Gasteiger partial charge in [-0.1, -0.05) is 28.1 Å². The van der Waals surface area contributed by atoms with Crippen molar-refractivity contribution in [3.63, 3.8) is 0 Å². The zero-order valence-electron chi connectivity index (χ0n) is 19.3. The first-order valence-electron chi connectivity index (χ1n) is 11.5. The van der Waals surface area contributed by atoms with E-state index in [2.05, 4.69) is 36.3 Å². The number of piperidine rings is 1. The summed E-state index contributed by atoms with van der Waals surface area (Å²) in [6.07, 6.45) is -0.365. The highest BCUT2D eigenvalue weighted by molar-refractivity contribution is 9.10. The van der Waals surface area contributed by atoms with Crippen molar-refractivity contribution >= 4 is 38.7 Å². The standard InChI is InChI=1S/C25H21BrF4N6O/c26-17-5-3-15(4-6-17)11-31-24(37)16-2-1-9-35(12-16)23-19-13-36(34-22(19)32-14-33-23)18-7-8-20(21(27)10-18)25(28,29)30/h3-8,10,13-14,16H,1-2,9,11-12H2,(H,31,37)/t16-/m0/s1. The van der Waals surface area contributed by atoms with Crippen molar-refractivity contribution < 1.29 is 22.4 Å². The van der Waals surface area contributed by atoms with Gasteiger partial charge < -0.3 is 10.2 Å². The lowest BCUT2D eigenvalue weighted by atomic mass is 9.97. The summed E-state index contributed by atoms with van der Waals surface area (Å²) in [5.74, 6) is -1.11. The van der Waals surface area contributed by atoms with Gasteiger partial charge in [0.2, 0.25) is 5.91 Å². The van der Waals surface area contributed by atoms with E-state index in [1.165, 1.54) is 11.0 Å². The zero-order valence-corrected chi connectivity index (χ0v) is 20.9. The molecule has 1 aliphatic rings. The van der Waals surface area contributed by atoms with E-state index in [-0.39, 0.29) is 17.5 Å². The molecule has 1 fully saturated rings. The van der Waals surface area contributed by atoms with Crippen LogP contribution in [0.3, 0.4) is 0 Å². The molecule has 2 aromatic carbocycles. The number of halogens is 5. The Morgan fingerprint density at radius 1 is 1.14 bits per heavy atom. The number of hydrogen-bond acceptors (Lipinski definition) is 5. The van der Waals surface area contributed by atoms with E-state index in [0.717, 1.165) is 35.0 Å². The number of rotatable bonds is 5. The summed E-state index contributed by atoms with van der Waals surface area (Å²) < 4.78 is 55.2. The minimum atomic E-state index is -4.79. The number of carbonyl (C=O) groups is 1. The third kappa shape index (κ3) is 5.43. The fourth-order valence-electron chi connectivity index (χ4n) is 4.41. The van der Waals surface area contributed by atoms with Crippen molar-refractivity contribution in [1.82, 2.24) is 25.1 Å². The second-order valence-corrected chi connectivity index (χ2v) is 9.72. The molecule has 1 amide bonds. The Hall–Kier alpha value is -3.54. The summed E-state index contributed by atoms with van der Waals surface area (Å²) in [5.41, 5.74) is 0.0884. The first-order valence-corrected chi connectivity index (χ1v) is 12.3. The monoisotopic (exact) mass is 576 g/mol. The van der Waals surface area contributed by atoms with E-state index in [4.69, 9.17) is 0 Å². The predicted octanol–water partition coefficient (Wildman–Crippen LogP) is 5.27. The largest absolute Gasteiger partial charge is 0.419 e. The van der Waals surface area contributed by atoms with Crippen LogP contribution in [0, 0.1) is 11.7 Å². The number of alkyl halides is 3. The smallest absolute Gasteiger partial charge is 0.355 e. The molecule has 0 bridgehead atoms. The summed E-state index contributed by atoms with van der Waals surface area (Å²) in [6.45, 7) is 1.54. The third-order valence-electron chi connectivity index (χ3n) is 6.29. The Morgan fingerprint density at radius 2 is 1.92 bits per heavy atom. The maximum atomic E-state index is 14.1. The van der Waals surface area contributed by atoms with Gasteiger partial charge in [0.25, 0.3) is 0 Å². The van der Waals surface area contributed by atoms with Crippen LogP contribution in [0.1, 0.15) is 24.0 Å². The predicted molar refractivity (Wildman–Crippen MR) is 133 cm³/mol. The zero-order chi connectivity index (χ0) is 26.2. The molecular formula is C25H21BrF4N6O. The van der Waals surface area contributed by atoms with Crippen LogP contribution in [0.25, 0.3) is 16.7 Å². The van der Waals surface area contributed by atoms with E-state index >= 15 is 0 Å². The van der Waals surface area contributed by atoms with Crippen molar-refractivity contribution in [3.05, 3.63) is 76.4 Å². The molecule has 7 nitrogen and oxygen atoms in total. The van der Waals surface area contributed by atoms with Crippen molar-refractivity contribution in [2.45, 2.75) is 25.6 Å². The Morgan fingerprint density at radius 3 is 2.65 bits per heavy atom. The van der Waals surface area contributed by atoms with Gasteiger partial charge in [-0.15, -0.1) is 5.10 Å². The lowest BCUT2D eigenvalue weighted by Crippen LogP contribution is -2.43. The molecule has 1 aliphatic heterocycles. The quantitative estimate of drug-likeness (QED) is 0.328. The van der Waals surface area contributed by atoms with Crippen LogP contribution in [-0.2, 0) is 17.5 Å². The van der Waals surface area contributed by atoms with E-state index in [0.29, 0.717) is 42.6 Å². The second-order valence-electron chi connectivity index (χ2n) is 8.80. The minimum absolute atomic E-state index is 0.0474. The fraction of sp³-hybridized carbons (Fsp3) is 0.280. The van der Waals surface area contributed by atoms with E-state index < -0.39 is 17.6 Å². The minimum Gasteiger partial charge on any atom is -0.355 e. The molecule has 0 spiro atoms. The number of hydrogen-bond donors (Lipinski definition) is 1. The molecule has 12 heteroatoms. The highest BCUT2D eigenvalue weighted by atomic mass is 79.9.